The number of para-hydroxylation sites is 1. The third-order valence-corrected chi connectivity index (χ3v) is 6.12. The molecule has 29 heavy (non-hydrogen) atoms. The number of hydrogen-bond acceptors (Lipinski definition) is 5. The van der Waals surface area contributed by atoms with Crippen molar-refractivity contribution in [3.63, 3.8) is 0 Å². The fourth-order valence-electron chi connectivity index (χ4n) is 3.37. The average Bonchev–Trinajstić information content (AvgIpc) is 3.06. The Morgan fingerprint density at radius 3 is 2.59 bits per heavy atom. The number of carbonyl (C=O) groups is 1. The first-order valence-corrected chi connectivity index (χ1v) is 10.6. The Bertz CT molecular complexity index is 1170. The quantitative estimate of drug-likeness (QED) is 0.466. The third kappa shape index (κ3) is 3.82. The molecule has 2 aromatic carbocycles. The molecule has 2 heterocycles. The molecule has 1 amide bonds. The van der Waals surface area contributed by atoms with Crippen LogP contribution in [0, 0.1) is 6.92 Å². The number of carbonyl (C=O) groups excluding carboxylic acids is 1. The highest BCUT2D eigenvalue weighted by molar-refractivity contribution is 8.00. The van der Waals surface area contributed by atoms with Crippen LogP contribution in [0.1, 0.15) is 25.8 Å². The predicted octanol–water partition coefficient (Wildman–Crippen LogP) is 4.82. The van der Waals surface area contributed by atoms with E-state index >= 15 is 0 Å². The Balaban J connectivity index is 1.60. The number of anilines is 1. The van der Waals surface area contributed by atoms with Gasteiger partial charge < -0.3 is 9.88 Å². The van der Waals surface area contributed by atoms with Crippen molar-refractivity contribution in [2.24, 2.45) is 0 Å². The maximum atomic E-state index is 12.7. The Morgan fingerprint density at radius 2 is 1.86 bits per heavy atom. The van der Waals surface area contributed by atoms with Crippen LogP contribution in [0.15, 0.2) is 53.7 Å². The molecule has 0 bridgehead atoms. The van der Waals surface area contributed by atoms with Crippen molar-refractivity contribution < 1.29 is 4.79 Å². The number of nitrogens with zero attached hydrogens (tertiary/aromatic N) is 4. The van der Waals surface area contributed by atoms with Crippen molar-refractivity contribution in [2.75, 3.05) is 5.32 Å². The van der Waals surface area contributed by atoms with Gasteiger partial charge in [-0.3, -0.25) is 4.79 Å². The molecule has 1 atom stereocenters. The molecule has 0 saturated heterocycles. The van der Waals surface area contributed by atoms with Gasteiger partial charge in [-0.15, -0.1) is 10.2 Å². The summed E-state index contributed by atoms with van der Waals surface area (Å²) in [7, 11) is 0. The normalized spacial score (nSPS) is 12.4. The maximum absolute atomic E-state index is 12.7. The molecule has 0 aliphatic carbocycles. The van der Waals surface area contributed by atoms with Crippen LogP contribution in [0.4, 0.5) is 5.69 Å². The Hall–Kier alpha value is -2.93. The van der Waals surface area contributed by atoms with Gasteiger partial charge in [-0.1, -0.05) is 54.6 Å². The molecule has 0 fully saturated rings. The Kier molecular flexibility index (Phi) is 5.49. The average molecular weight is 406 g/mol. The van der Waals surface area contributed by atoms with Crippen molar-refractivity contribution in [2.45, 2.75) is 44.1 Å². The standard InChI is InChI=1S/C22H23N5OS/c1-4-18(21(28)23-15-12-10-14(3)11-13-15)29-22-24-20-19(25-26-22)16-8-6-7-9-17(16)27(20)5-2/h6-13,18H,4-5H2,1-3H3,(H,23,28). The zero-order valence-electron chi connectivity index (χ0n) is 16.7. The van der Waals surface area contributed by atoms with Crippen molar-refractivity contribution in [1.29, 1.82) is 0 Å². The van der Waals surface area contributed by atoms with Crippen molar-refractivity contribution in [3.05, 3.63) is 54.1 Å². The topological polar surface area (TPSA) is 72.7 Å². The number of amides is 1. The first-order valence-electron chi connectivity index (χ1n) is 9.76. The lowest BCUT2D eigenvalue weighted by Crippen LogP contribution is -2.24. The van der Waals surface area contributed by atoms with Crippen LogP contribution >= 0.6 is 11.8 Å². The number of aryl methyl sites for hydroxylation is 2. The summed E-state index contributed by atoms with van der Waals surface area (Å²) in [4.78, 5) is 17.5. The molecule has 0 aliphatic heterocycles. The number of rotatable bonds is 6. The van der Waals surface area contributed by atoms with Gasteiger partial charge in [0.05, 0.1) is 10.8 Å². The van der Waals surface area contributed by atoms with E-state index in [0.717, 1.165) is 39.9 Å². The number of nitrogens with one attached hydrogen (secondary N) is 1. The summed E-state index contributed by atoms with van der Waals surface area (Å²) in [5.41, 5.74) is 4.64. The van der Waals surface area contributed by atoms with E-state index in [2.05, 4.69) is 33.1 Å². The minimum Gasteiger partial charge on any atom is -0.325 e. The number of thioether (sulfide) groups is 1. The summed E-state index contributed by atoms with van der Waals surface area (Å²) in [6.07, 6.45) is 0.667. The summed E-state index contributed by atoms with van der Waals surface area (Å²) in [5.74, 6) is -0.0546. The van der Waals surface area contributed by atoms with Gasteiger partial charge in [0.15, 0.2) is 5.65 Å². The van der Waals surface area contributed by atoms with Crippen LogP contribution < -0.4 is 5.32 Å². The molecule has 4 rings (SSSR count). The van der Waals surface area contributed by atoms with Crippen LogP contribution in [0.5, 0.6) is 0 Å². The van der Waals surface area contributed by atoms with E-state index < -0.39 is 0 Å². The molecule has 0 spiro atoms. The van der Waals surface area contributed by atoms with Gasteiger partial charge >= 0.3 is 0 Å². The molecule has 0 aliphatic rings. The molecule has 7 heteroatoms. The molecular weight excluding hydrogens is 382 g/mol. The van der Waals surface area contributed by atoms with Gasteiger partial charge in [0.2, 0.25) is 11.1 Å². The number of benzene rings is 2. The van der Waals surface area contributed by atoms with Crippen LogP contribution in [-0.2, 0) is 11.3 Å². The molecule has 0 saturated carbocycles. The second-order valence-corrected chi connectivity index (χ2v) is 8.07. The monoisotopic (exact) mass is 405 g/mol. The minimum absolute atomic E-state index is 0.0546. The second kappa shape index (κ2) is 8.21. The molecule has 1 unspecified atom stereocenters. The summed E-state index contributed by atoms with van der Waals surface area (Å²) in [6.45, 7) is 6.89. The molecular formula is C22H23N5OS. The van der Waals surface area contributed by atoms with E-state index in [9.17, 15) is 4.79 Å². The first kappa shape index (κ1) is 19.4. The third-order valence-electron chi connectivity index (χ3n) is 4.90. The maximum Gasteiger partial charge on any atom is 0.237 e. The van der Waals surface area contributed by atoms with E-state index in [-0.39, 0.29) is 11.2 Å². The summed E-state index contributed by atoms with van der Waals surface area (Å²) in [5, 5.41) is 13.0. The number of aromatic nitrogens is 4. The highest BCUT2D eigenvalue weighted by Gasteiger charge is 2.21. The first-order chi connectivity index (χ1) is 14.1. The van der Waals surface area contributed by atoms with E-state index in [0.29, 0.717) is 11.6 Å². The number of fused-ring (bicyclic) bond motifs is 3. The van der Waals surface area contributed by atoms with Crippen molar-refractivity contribution in [3.8, 4) is 0 Å². The molecule has 2 aromatic heterocycles. The van der Waals surface area contributed by atoms with Gasteiger partial charge in [0.1, 0.15) is 5.52 Å². The fourth-order valence-corrected chi connectivity index (χ4v) is 4.18. The molecule has 1 N–H and O–H groups in total. The SMILES string of the molecule is CCC(Sc1nnc2c3ccccc3n(CC)c2n1)C(=O)Nc1ccc(C)cc1. The summed E-state index contributed by atoms with van der Waals surface area (Å²) < 4.78 is 2.14. The summed E-state index contributed by atoms with van der Waals surface area (Å²) >= 11 is 1.35. The van der Waals surface area contributed by atoms with E-state index in [1.807, 2.05) is 56.3 Å². The van der Waals surface area contributed by atoms with Crippen LogP contribution in [0.3, 0.4) is 0 Å². The second-order valence-electron chi connectivity index (χ2n) is 6.90. The van der Waals surface area contributed by atoms with Crippen LogP contribution in [-0.4, -0.2) is 30.9 Å². The Morgan fingerprint density at radius 1 is 1.10 bits per heavy atom. The van der Waals surface area contributed by atoms with Crippen LogP contribution in [0.2, 0.25) is 0 Å². The van der Waals surface area contributed by atoms with Gasteiger partial charge in [-0.25, -0.2) is 4.98 Å². The molecule has 6 nitrogen and oxygen atoms in total. The van der Waals surface area contributed by atoms with Crippen LogP contribution in [0.25, 0.3) is 22.1 Å². The zero-order valence-corrected chi connectivity index (χ0v) is 17.5. The smallest absolute Gasteiger partial charge is 0.237 e. The fraction of sp³-hybridized carbons (Fsp3) is 0.273. The van der Waals surface area contributed by atoms with Gasteiger partial charge in [-0.05, 0) is 38.5 Å². The lowest BCUT2D eigenvalue weighted by molar-refractivity contribution is -0.115. The molecule has 0 radical (unpaired) electrons. The highest BCUT2D eigenvalue weighted by atomic mass is 32.2. The lowest BCUT2D eigenvalue weighted by Gasteiger charge is -2.14. The van der Waals surface area contributed by atoms with Crippen molar-refractivity contribution >= 4 is 45.4 Å². The highest BCUT2D eigenvalue weighted by Crippen LogP contribution is 2.29. The van der Waals surface area contributed by atoms with E-state index in [1.54, 1.807) is 0 Å². The number of hydrogen-bond donors (Lipinski definition) is 1. The van der Waals surface area contributed by atoms with Gasteiger partial charge in [0, 0.05) is 17.6 Å². The summed E-state index contributed by atoms with van der Waals surface area (Å²) in [6, 6.07) is 15.9. The lowest BCUT2D eigenvalue weighted by atomic mass is 10.2. The molecule has 4 aromatic rings. The zero-order chi connectivity index (χ0) is 20.4. The predicted molar refractivity (Wildman–Crippen MR) is 118 cm³/mol. The van der Waals surface area contributed by atoms with Gasteiger partial charge in [-0.2, -0.15) is 0 Å². The Labute approximate surface area is 173 Å². The molecule has 148 valence electrons. The van der Waals surface area contributed by atoms with Gasteiger partial charge in [0.25, 0.3) is 0 Å². The van der Waals surface area contributed by atoms with Crippen molar-refractivity contribution in [1.82, 2.24) is 19.7 Å². The van der Waals surface area contributed by atoms with E-state index in [1.165, 1.54) is 11.8 Å². The van der Waals surface area contributed by atoms with E-state index in [4.69, 9.17) is 4.98 Å². The minimum atomic E-state index is -0.296. The largest absolute Gasteiger partial charge is 0.325 e.